The maximum absolute atomic E-state index is 14.2. The molecule has 7 heteroatoms. The summed E-state index contributed by atoms with van der Waals surface area (Å²) >= 11 is 0. The van der Waals surface area contributed by atoms with Crippen LogP contribution in [0.5, 0.6) is 0 Å². The molecule has 2 N–H and O–H groups in total. The fourth-order valence-corrected chi connectivity index (χ4v) is 6.07. The Morgan fingerprint density at radius 1 is 1.02 bits per heavy atom. The molecular weight excluding hydrogens is 522 g/mol. The Hall–Kier alpha value is -4.52. The molecule has 1 heterocycles. The Kier molecular flexibility index (Phi) is 7.88. The number of nitrogens with two attached hydrogens (primary N) is 1. The predicted octanol–water partition coefficient (Wildman–Crippen LogP) is 6.33. The largest absolute Gasteiger partial charge is 0.366 e. The van der Waals surface area contributed by atoms with Gasteiger partial charge in [-0.2, -0.15) is 0 Å². The first-order valence-electron chi connectivity index (χ1n) is 13.5. The average molecular weight is 553 g/mol. The van der Waals surface area contributed by atoms with Crippen molar-refractivity contribution in [3.05, 3.63) is 124 Å². The highest BCUT2D eigenvalue weighted by Gasteiger charge is 2.34. The number of halogens is 2. The van der Waals surface area contributed by atoms with E-state index in [9.17, 15) is 23.2 Å². The number of fused-ring (bicyclic) bond motifs is 1. The molecule has 5 nitrogen and oxygen atoms in total. The van der Waals surface area contributed by atoms with Gasteiger partial charge in [-0.1, -0.05) is 42.0 Å². The summed E-state index contributed by atoms with van der Waals surface area (Å²) in [6.45, 7) is 3.96. The highest BCUT2D eigenvalue weighted by molar-refractivity contribution is 5.97. The Balaban J connectivity index is 1.50. The average Bonchev–Trinajstić information content (AvgIpc) is 3.22. The van der Waals surface area contributed by atoms with Crippen LogP contribution in [0.4, 0.5) is 8.78 Å². The predicted molar refractivity (Wildman–Crippen MR) is 153 cm³/mol. The summed E-state index contributed by atoms with van der Waals surface area (Å²) in [5.41, 5.74) is 11.5. The van der Waals surface area contributed by atoms with Crippen LogP contribution < -0.4 is 5.73 Å². The van der Waals surface area contributed by atoms with Crippen LogP contribution in [-0.2, 0) is 22.4 Å². The van der Waals surface area contributed by atoms with Gasteiger partial charge in [-0.3, -0.25) is 19.4 Å². The number of primary amides is 1. The highest BCUT2D eigenvalue weighted by Crippen LogP contribution is 2.38. The lowest BCUT2D eigenvalue weighted by Gasteiger charge is -2.21. The summed E-state index contributed by atoms with van der Waals surface area (Å²) in [6, 6.07) is 17.8. The molecule has 4 aromatic rings. The van der Waals surface area contributed by atoms with E-state index in [-0.39, 0.29) is 30.0 Å². The van der Waals surface area contributed by atoms with E-state index < -0.39 is 29.4 Å². The number of hydrogen-bond acceptors (Lipinski definition) is 4. The molecule has 1 aliphatic carbocycles. The number of aromatic nitrogens is 1. The zero-order chi connectivity index (χ0) is 29.3. The zero-order valence-corrected chi connectivity index (χ0v) is 22.9. The number of carbonyl (C=O) groups is 3. The highest BCUT2D eigenvalue weighted by atomic mass is 19.1. The fourth-order valence-electron chi connectivity index (χ4n) is 6.07. The van der Waals surface area contributed by atoms with E-state index in [0.717, 1.165) is 22.3 Å². The lowest BCUT2D eigenvalue weighted by atomic mass is 9.83. The van der Waals surface area contributed by atoms with E-state index in [1.807, 2.05) is 26.0 Å². The van der Waals surface area contributed by atoms with Crippen LogP contribution in [0, 0.1) is 25.5 Å². The van der Waals surface area contributed by atoms with Crippen LogP contribution in [0.25, 0.3) is 11.1 Å². The first-order valence-corrected chi connectivity index (χ1v) is 13.5. The van der Waals surface area contributed by atoms with Gasteiger partial charge < -0.3 is 5.73 Å². The second-order valence-electron chi connectivity index (χ2n) is 10.8. The van der Waals surface area contributed by atoms with Crippen molar-refractivity contribution in [3.63, 3.8) is 0 Å². The number of aryl methyl sites for hydroxylation is 2. The maximum Gasteiger partial charge on any atom is 0.251 e. The topological polar surface area (TPSA) is 90.1 Å². The Bertz CT molecular complexity index is 1680. The fraction of sp³-hybridized carbons (Fsp3) is 0.235. The minimum Gasteiger partial charge on any atom is -0.366 e. The van der Waals surface area contributed by atoms with E-state index >= 15 is 0 Å². The Labute approximate surface area is 237 Å². The minimum atomic E-state index is -0.895. The molecule has 0 spiro atoms. The third-order valence-electron chi connectivity index (χ3n) is 7.76. The molecule has 1 aromatic heterocycles. The number of Topliss-reactive ketones (excluding diaryl/α,β-unsaturated/α-hetero) is 2. The summed E-state index contributed by atoms with van der Waals surface area (Å²) in [5.74, 6) is -3.06. The van der Waals surface area contributed by atoms with Gasteiger partial charge in [-0.05, 0) is 78.4 Å². The van der Waals surface area contributed by atoms with Gasteiger partial charge in [0.05, 0.1) is 17.2 Å². The molecule has 5 rings (SSSR count). The monoisotopic (exact) mass is 552 g/mol. The number of hydrogen-bond donors (Lipinski definition) is 1. The van der Waals surface area contributed by atoms with Crippen molar-refractivity contribution in [3.8, 4) is 11.1 Å². The van der Waals surface area contributed by atoms with Crippen LogP contribution in [0.15, 0.2) is 72.9 Å². The van der Waals surface area contributed by atoms with Crippen molar-refractivity contribution in [2.24, 2.45) is 5.73 Å². The van der Waals surface area contributed by atoms with Crippen LogP contribution in [0.1, 0.15) is 68.5 Å². The molecule has 208 valence electrons. The van der Waals surface area contributed by atoms with Crippen molar-refractivity contribution >= 4 is 17.5 Å². The first-order chi connectivity index (χ1) is 19.6. The first kappa shape index (κ1) is 28.0. The van der Waals surface area contributed by atoms with Gasteiger partial charge >= 0.3 is 0 Å². The number of pyridine rings is 1. The van der Waals surface area contributed by atoms with Gasteiger partial charge in [0, 0.05) is 36.9 Å². The molecule has 1 amide bonds. The lowest BCUT2D eigenvalue weighted by Crippen LogP contribution is -2.17. The molecule has 0 saturated heterocycles. The van der Waals surface area contributed by atoms with Crippen LogP contribution in [-0.4, -0.2) is 22.5 Å². The normalized spacial score (nSPS) is 15.0. The molecule has 0 saturated carbocycles. The van der Waals surface area contributed by atoms with Crippen molar-refractivity contribution in [1.82, 2.24) is 4.98 Å². The molecule has 0 bridgehead atoms. The van der Waals surface area contributed by atoms with Crippen molar-refractivity contribution < 1.29 is 23.2 Å². The molecule has 41 heavy (non-hydrogen) atoms. The summed E-state index contributed by atoms with van der Waals surface area (Å²) in [4.78, 5) is 43.1. The third kappa shape index (κ3) is 5.99. The summed E-state index contributed by atoms with van der Waals surface area (Å²) in [6.07, 6.45) is 2.36. The Morgan fingerprint density at radius 3 is 2.59 bits per heavy atom. The van der Waals surface area contributed by atoms with Crippen molar-refractivity contribution in [2.75, 3.05) is 0 Å². The Morgan fingerprint density at radius 2 is 1.83 bits per heavy atom. The van der Waals surface area contributed by atoms with E-state index in [1.54, 1.807) is 30.5 Å². The number of nitrogens with zero attached hydrogens (tertiary/aromatic N) is 1. The molecule has 0 aliphatic heterocycles. The smallest absolute Gasteiger partial charge is 0.251 e. The number of carbonyl (C=O) groups excluding carboxylic acids is 3. The van der Waals surface area contributed by atoms with Gasteiger partial charge in [-0.25, -0.2) is 8.78 Å². The van der Waals surface area contributed by atoms with Crippen molar-refractivity contribution in [1.29, 1.82) is 0 Å². The van der Waals surface area contributed by atoms with E-state index in [1.165, 1.54) is 30.3 Å². The zero-order valence-electron chi connectivity index (χ0n) is 22.9. The van der Waals surface area contributed by atoms with Crippen LogP contribution >= 0.6 is 0 Å². The van der Waals surface area contributed by atoms with E-state index in [4.69, 9.17) is 5.73 Å². The van der Waals surface area contributed by atoms with Gasteiger partial charge in [0.25, 0.3) is 5.91 Å². The van der Waals surface area contributed by atoms with Crippen LogP contribution in [0.3, 0.4) is 0 Å². The molecule has 1 unspecified atom stereocenters. The van der Waals surface area contributed by atoms with Gasteiger partial charge in [-0.15, -0.1) is 0 Å². The number of ketones is 2. The lowest BCUT2D eigenvalue weighted by molar-refractivity contribution is -0.125. The molecule has 1 aliphatic rings. The van der Waals surface area contributed by atoms with Gasteiger partial charge in [0.1, 0.15) is 23.2 Å². The SMILES string of the molecule is Cc1cc(C)c2c(c1)CC(=O)C2CC(=O)C[C@@H](Cc1cccc(F)c1)c1ncccc1-c1ccc(F)c(C(N)=O)c1. The summed E-state index contributed by atoms with van der Waals surface area (Å²) in [7, 11) is 0. The number of rotatable bonds is 9. The number of amides is 1. The quantitative estimate of drug-likeness (QED) is 0.263. The molecular formula is C34H30F2N2O3. The van der Waals surface area contributed by atoms with Gasteiger partial charge in [0.2, 0.25) is 0 Å². The standard InChI is InChI=1S/C34H30F2N2O3/c1-19-11-20(2)32-23(12-19)17-31(40)29(32)18-26(39)15-24(13-21-5-3-6-25(35)14-21)33-27(7-4-10-38-33)22-8-9-30(36)28(16-22)34(37)41/h3-12,14,16,24,29H,13,15,17-18H2,1-2H3,(H2,37,41)/t24-,29?/m1/s1. The molecule has 0 radical (unpaired) electrons. The molecule has 2 atom stereocenters. The van der Waals surface area contributed by atoms with Gasteiger partial charge in [0.15, 0.2) is 0 Å². The van der Waals surface area contributed by atoms with Crippen molar-refractivity contribution in [2.45, 2.75) is 51.4 Å². The summed E-state index contributed by atoms with van der Waals surface area (Å²) in [5, 5.41) is 0. The molecule has 3 aromatic carbocycles. The summed E-state index contributed by atoms with van der Waals surface area (Å²) < 4.78 is 28.4. The van der Waals surface area contributed by atoms with E-state index in [0.29, 0.717) is 35.2 Å². The second kappa shape index (κ2) is 11.5. The maximum atomic E-state index is 14.2. The molecule has 0 fully saturated rings. The second-order valence-corrected chi connectivity index (χ2v) is 10.8. The van der Waals surface area contributed by atoms with E-state index in [2.05, 4.69) is 4.98 Å². The number of benzene rings is 3. The third-order valence-corrected chi connectivity index (χ3v) is 7.76. The minimum absolute atomic E-state index is 0.0348. The van der Waals surface area contributed by atoms with Crippen LogP contribution in [0.2, 0.25) is 0 Å².